The van der Waals surface area contributed by atoms with Crippen molar-refractivity contribution < 1.29 is 23.8 Å². The van der Waals surface area contributed by atoms with Crippen LogP contribution in [0.3, 0.4) is 0 Å². The molecule has 0 bridgehead atoms. The molecule has 236 valence electrons. The van der Waals surface area contributed by atoms with E-state index in [1.807, 2.05) is 30.3 Å². The predicted octanol–water partition coefficient (Wildman–Crippen LogP) is 6.65. The van der Waals surface area contributed by atoms with Gasteiger partial charge in [0.2, 0.25) is 5.90 Å². The molecule has 1 amide bonds. The zero-order chi connectivity index (χ0) is 32.4. The molecular formula is C34H32BrFN6O4. The Morgan fingerprint density at radius 3 is 2.63 bits per heavy atom. The van der Waals surface area contributed by atoms with E-state index < -0.39 is 17.6 Å². The Labute approximate surface area is 274 Å². The molecule has 2 atom stereocenters. The van der Waals surface area contributed by atoms with Crippen LogP contribution in [0.5, 0.6) is 5.75 Å². The maximum atomic E-state index is 14.4. The number of aliphatic hydroxyl groups is 1. The third-order valence-electron chi connectivity index (χ3n) is 7.45. The Morgan fingerprint density at radius 2 is 1.87 bits per heavy atom. The van der Waals surface area contributed by atoms with Gasteiger partial charge in [0, 0.05) is 52.2 Å². The summed E-state index contributed by atoms with van der Waals surface area (Å²) >= 11 is 3.62. The predicted molar refractivity (Wildman–Crippen MR) is 176 cm³/mol. The summed E-state index contributed by atoms with van der Waals surface area (Å²) < 4.78 is 26.7. The van der Waals surface area contributed by atoms with Crippen molar-refractivity contribution in [2.24, 2.45) is 10.1 Å². The first-order chi connectivity index (χ1) is 22.4. The number of aliphatic hydroxyl groups excluding tert-OH is 1. The van der Waals surface area contributed by atoms with Crippen molar-refractivity contribution in [1.29, 1.82) is 0 Å². The fourth-order valence-electron chi connectivity index (χ4n) is 5.19. The molecular weight excluding hydrogens is 655 g/mol. The highest BCUT2D eigenvalue weighted by atomic mass is 79.9. The number of benzene rings is 4. The number of nitrogens with one attached hydrogen (secondary N) is 2. The summed E-state index contributed by atoms with van der Waals surface area (Å²) in [7, 11) is 0. The van der Waals surface area contributed by atoms with Gasteiger partial charge in [0.15, 0.2) is 11.6 Å². The molecule has 0 spiro atoms. The second-order valence-electron chi connectivity index (χ2n) is 10.6. The molecule has 0 fully saturated rings. The number of hydrogen-bond acceptors (Lipinski definition) is 7. The highest BCUT2D eigenvalue weighted by Crippen LogP contribution is 2.46. The van der Waals surface area contributed by atoms with E-state index in [9.17, 15) is 14.7 Å². The second kappa shape index (κ2) is 15.5. The molecule has 1 aliphatic rings. The first kappa shape index (κ1) is 32.6. The van der Waals surface area contributed by atoms with Crippen LogP contribution in [0.4, 0.5) is 10.1 Å². The molecule has 10 nitrogen and oxygen atoms in total. The van der Waals surface area contributed by atoms with E-state index in [0.29, 0.717) is 48.6 Å². The van der Waals surface area contributed by atoms with Crippen LogP contribution in [0.15, 0.2) is 112 Å². The number of nitrogens with zero attached hydrogens (tertiary/aromatic N) is 4. The number of carbonyl (C=O) groups excluding carboxylic acids is 1. The number of carbonyl (C=O) groups is 1. The van der Waals surface area contributed by atoms with Crippen LogP contribution >= 0.6 is 15.9 Å². The molecule has 1 aliphatic heterocycles. The SMILES string of the molecule is [N-]=[N+]=Nc1ccccc1[C@@H]1OC(c2ccc(OCCCO)cc2)=N[C@]1(Cc1ccccc1Br)C(=O)NNCCc1cccc(F)c1. The smallest absolute Gasteiger partial charge is 0.266 e. The van der Waals surface area contributed by atoms with Gasteiger partial charge in [-0.05, 0) is 65.5 Å². The number of aliphatic imine (C=N–C) groups is 1. The lowest BCUT2D eigenvalue weighted by atomic mass is 9.81. The highest BCUT2D eigenvalue weighted by Gasteiger charge is 2.54. The van der Waals surface area contributed by atoms with Gasteiger partial charge in [0.05, 0.1) is 6.61 Å². The Bertz CT molecular complexity index is 1750. The third-order valence-corrected chi connectivity index (χ3v) is 8.22. The zero-order valence-corrected chi connectivity index (χ0v) is 26.4. The third kappa shape index (κ3) is 7.72. The van der Waals surface area contributed by atoms with E-state index in [1.165, 1.54) is 12.1 Å². The molecule has 0 radical (unpaired) electrons. The fraction of sp³-hybridized carbons (Fsp3) is 0.235. The van der Waals surface area contributed by atoms with Gasteiger partial charge in [0.25, 0.3) is 5.91 Å². The Balaban J connectivity index is 1.53. The summed E-state index contributed by atoms with van der Waals surface area (Å²) in [5.74, 6) is 0.0396. The molecule has 46 heavy (non-hydrogen) atoms. The Hall–Kier alpha value is -4.74. The monoisotopic (exact) mass is 686 g/mol. The molecule has 0 saturated carbocycles. The van der Waals surface area contributed by atoms with E-state index in [0.717, 1.165) is 15.6 Å². The van der Waals surface area contributed by atoms with Gasteiger partial charge in [-0.3, -0.25) is 10.2 Å². The summed E-state index contributed by atoms with van der Waals surface area (Å²) in [6, 6.07) is 27.9. The molecule has 3 N–H and O–H groups in total. The summed E-state index contributed by atoms with van der Waals surface area (Å²) in [6.07, 6.45) is 0.123. The molecule has 4 aromatic rings. The standard InChI is InChI=1S/C34H32BrFN6O4/c35-29-11-3-1-8-25(29)22-34(33(44)41-38-18-17-23-7-5-9-26(36)21-23)31(28-10-2-4-12-30(28)40-42-37)46-32(39-34)24-13-15-27(16-14-24)45-20-6-19-43/h1-5,7-16,21,31,38,43H,6,17-20,22H2,(H,41,44)/t31-,34-/m0/s1. The number of halogens is 2. The number of rotatable bonds is 14. The summed E-state index contributed by atoms with van der Waals surface area (Å²) in [5.41, 5.74) is 16.6. The van der Waals surface area contributed by atoms with Crippen LogP contribution in [-0.4, -0.2) is 42.2 Å². The number of ether oxygens (including phenoxy) is 2. The minimum Gasteiger partial charge on any atom is -0.494 e. The van der Waals surface area contributed by atoms with Crippen molar-refractivity contribution in [2.75, 3.05) is 19.8 Å². The fourth-order valence-corrected chi connectivity index (χ4v) is 5.62. The topological polar surface area (TPSA) is 141 Å². The van der Waals surface area contributed by atoms with E-state index in [-0.39, 0.29) is 24.7 Å². The molecule has 0 aromatic heterocycles. The zero-order valence-electron chi connectivity index (χ0n) is 24.8. The highest BCUT2D eigenvalue weighted by molar-refractivity contribution is 9.10. The normalized spacial score (nSPS) is 17.0. The second-order valence-corrected chi connectivity index (χ2v) is 11.4. The van der Waals surface area contributed by atoms with Crippen molar-refractivity contribution in [1.82, 2.24) is 10.9 Å². The van der Waals surface area contributed by atoms with Crippen LogP contribution in [0.2, 0.25) is 0 Å². The maximum Gasteiger partial charge on any atom is 0.266 e. The molecule has 0 saturated heterocycles. The number of hydrazine groups is 1. The van der Waals surface area contributed by atoms with E-state index in [2.05, 4.69) is 36.8 Å². The largest absolute Gasteiger partial charge is 0.494 e. The van der Waals surface area contributed by atoms with Gasteiger partial charge in [0.1, 0.15) is 11.6 Å². The van der Waals surface area contributed by atoms with Gasteiger partial charge in [-0.2, -0.15) is 0 Å². The molecule has 1 heterocycles. The first-order valence-electron chi connectivity index (χ1n) is 14.7. The van der Waals surface area contributed by atoms with Crippen LogP contribution in [0, 0.1) is 5.82 Å². The summed E-state index contributed by atoms with van der Waals surface area (Å²) in [5, 5.41) is 12.9. The van der Waals surface area contributed by atoms with Gasteiger partial charge in [-0.25, -0.2) is 14.8 Å². The Morgan fingerprint density at radius 1 is 1.09 bits per heavy atom. The molecule has 5 rings (SSSR count). The quantitative estimate of drug-likeness (QED) is 0.0448. The van der Waals surface area contributed by atoms with Crippen LogP contribution in [-0.2, 0) is 22.4 Å². The van der Waals surface area contributed by atoms with Crippen molar-refractivity contribution in [3.05, 3.63) is 140 Å². The minimum atomic E-state index is -1.55. The molecule has 0 aliphatic carbocycles. The lowest BCUT2D eigenvalue weighted by molar-refractivity contribution is -0.130. The average molecular weight is 688 g/mol. The van der Waals surface area contributed by atoms with E-state index in [1.54, 1.807) is 54.6 Å². The molecule has 12 heteroatoms. The van der Waals surface area contributed by atoms with Gasteiger partial charge < -0.3 is 14.6 Å². The number of amides is 1. The van der Waals surface area contributed by atoms with Crippen molar-refractivity contribution >= 4 is 33.4 Å². The number of hydrogen-bond donors (Lipinski definition) is 3. The van der Waals surface area contributed by atoms with Gasteiger partial charge in [-0.1, -0.05) is 75.6 Å². The van der Waals surface area contributed by atoms with Crippen LogP contribution in [0.25, 0.3) is 10.4 Å². The summed E-state index contributed by atoms with van der Waals surface area (Å²) in [4.78, 5) is 22.4. The van der Waals surface area contributed by atoms with Gasteiger partial charge in [-0.15, -0.1) is 0 Å². The minimum absolute atomic E-state index is 0.0305. The van der Waals surface area contributed by atoms with Crippen molar-refractivity contribution in [3.63, 3.8) is 0 Å². The van der Waals surface area contributed by atoms with Crippen molar-refractivity contribution in [2.45, 2.75) is 30.9 Å². The summed E-state index contributed by atoms with van der Waals surface area (Å²) in [6.45, 7) is 0.727. The Kier molecular flexibility index (Phi) is 11.0. The first-order valence-corrected chi connectivity index (χ1v) is 15.5. The lowest BCUT2D eigenvalue weighted by Gasteiger charge is -2.31. The lowest BCUT2D eigenvalue weighted by Crippen LogP contribution is -2.54. The number of azide groups is 1. The van der Waals surface area contributed by atoms with Gasteiger partial charge >= 0.3 is 0 Å². The van der Waals surface area contributed by atoms with E-state index in [4.69, 9.17) is 19.6 Å². The van der Waals surface area contributed by atoms with Crippen LogP contribution < -0.4 is 15.6 Å². The molecule has 4 aromatic carbocycles. The van der Waals surface area contributed by atoms with Crippen LogP contribution in [0.1, 0.15) is 34.8 Å². The van der Waals surface area contributed by atoms with E-state index >= 15 is 0 Å². The maximum absolute atomic E-state index is 14.4. The average Bonchev–Trinajstić information content (AvgIpc) is 3.45. The molecule has 0 unspecified atom stereocenters. The van der Waals surface area contributed by atoms with Crippen molar-refractivity contribution in [3.8, 4) is 5.75 Å².